The average molecular weight is 339 g/mol. The smallest absolute Gasteiger partial charge is 0.253 e. The van der Waals surface area contributed by atoms with Crippen LogP contribution in [-0.4, -0.2) is 27.4 Å². The van der Waals surface area contributed by atoms with Crippen LogP contribution in [0.1, 0.15) is 21.6 Å². The summed E-state index contributed by atoms with van der Waals surface area (Å²) in [6, 6.07) is 9.38. The van der Waals surface area contributed by atoms with Crippen LogP contribution in [0.25, 0.3) is 22.8 Å². The number of aromatic amines is 1. The lowest BCUT2D eigenvalue weighted by molar-refractivity contribution is 0.0946. The van der Waals surface area contributed by atoms with E-state index < -0.39 is 0 Å². The van der Waals surface area contributed by atoms with Crippen molar-refractivity contribution < 1.29 is 4.79 Å². The van der Waals surface area contributed by atoms with Crippen LogP contribution >= 0.6 is 11.6 Å². The van der Waals surface area contributed by atoms with Crippen molar-refractivity contribution in [3.05, 3.63) is 58.4 Å². The van der Waals surface area contributed by atoms with Gasteiger partial charge in [-0.15, -0.1) is 0 Å². The number of carbonyl (C=O) groups is 1. The summed E-state index contributed by atoms with van der Waals surface area (Å²) in [6.45, 7) is 2.63. The second-order valence-corrected chi connectivity index (χ2v) is 6.19. The molecule has 120 valence electrons. The second kappa shape index (κ2) is 5.76. The highest BCUT2D eigenvalue weighted by atomic mass is 35.5. The first-order valence-corrected chi connectivity index (χ1v) is 8.10. The molecule has 0 saturated heterocycles. The molecule has 0 aliphatic carbocycles. The molecule has 0 unspecified atom stereocenters. The number of aromatic nitrogens is 3. The summed E-state index contributed by atoms with van der Waals surface area (Å²) in [6.07, 6.45) is 2.50. The van der Waals surface area contributed by atoms with Gasteiger partial charge in [0.15, 0.2) is 5.82 Å². The molecular formula is C18H15ClN4O. The number of aryl methyl sites for hydroxylation is 1. The van der Waals surface area contributed by atoms with Crippen LogP contribution in [0.2, 0.25) is 5.02 Å². The first-order valence-electron chi connectivity index (χ1n) is 7.72. The fraction of sp³-hybridized carbons (Fsp3) is 0.167. The molecule has 1 aliphatic rings. The van der Waals surface area contributed by atoms with Crippen LogP contribution in [0, 0.1) is 6.92 Å². The Morgan fingerprint density at radius 1 is 1.25 bits per heavy atom. The minimum Gasteiger partial charge on any atom is -0.356 e. The number of nitrogens with one attached hydrogen (secondary N) is 2. The Hall–Kier alpha value is -2.66. The number of hydrogen-bond acceptors (Lipinski definition) is 3. The van der Waals surface area contributed by atoms with E-state index >= 15 is 0 Å². The summed E-state index contributed by atoms with van der Waals surface area (Å²) < 4.78 is 0. The monoisotopic (exact) mass is 338 g/mol. The molecular weight excluding hydrogens is 324 g/mol. The molecule has 5 nitrogen and oxygen atoms in total. The molecule has 1 amide bonds. The van der Waals surface area contributed by atoms with Crippen molar-refractivity contribution in [2.75, 3.05) is 6.54 Å². The van der Waals surface area contributed by atoms with Crippen LogP contribution in [-0.2, 0) is 6.42 Å². The van der Waals surface area contributed by atoms with E-state index in [0.29, 0.717) is 23.0 Å². The molecule has 2 aromatic heterocycles. The maximum atomic E-state index is 11.9. The molecule has 2 N–H and O–H groups in total. The first kappa shape index (κ1) is 14.9. The minimum absolute atomic E-state index is 0.0463. The lowest BCUT2D eigenvalue weighted by Crippen LogP contribution is -2.31. The van der Waals surface area contributed by atoms with Crippen LogP contribution < -0.4 is 5.32 Å². The van der Waals surface area contributed by atoms with E-state index in [1.54, 1.807) is 6.20 Å². The largest absolute Gasteiger partial charge is 0.356 e. The third-order valence-electron chi connectivity index (χ3n) is 4.18. The van der Waals surface area contributed by atoms with Crippen LogP contribution in [0.4, 0.5) is 0 Å². The fourth-order valence-corrected chi connectivity index (χ4v) is 3.28. The highest BCUT2D eigenvalue weighted by Crippen LogP contribution is 2.30. The summed E-state index contributed by atoms with van der Waals surface area (Å²) in [5.41, 5.74) is 5.03. The van der Waals surface area contributed by atoms with Gasteiger partial charge in [-0.1, -0.05) is 23.7 Å². The standard InChI is InChI=1S/C18H15ClN4O/c1-10-3-2-4-12(19)16(10)17-20-7-6-14(23-17)15-9-11-13(22-15)5-8-21-18(11)24/h2-4,6-7,9,22H,5,8H2,1H3,(H,21,24). The van der Waals surface area contributed by atoms with E-state index in [1.807, 2.05) is 37.3 Å². The molecule has 6 heteroatoms. The molecule has 0 saturated carbocycles. The number of halogens is 1. The number of H-pyrrole nitrogens is 1. The molecule has 0 fully saturated rings. The van der Waals surface area contributed by atoms with Crippen LogP contribution in [0.5, 0.6) is 0 Å². The zero-order chi connectivity index (χ0) is 16.7. The maximum Gasteiger partial charge on any atom is 0.253 e. The normalized spacial score (nSPS) is 13.5. The van der Waals surface area contributed by atoms with Crippen molar-refractivity contribution in [3.63, 3.8) is 0 Å². The van der Waals surface area contributed by atoms with Gasteiger partial charge in [-0.25, -0.2) is 9.97 Å². The van der Waals surface area contributed by atoms with E-state index in [1.165, 1.54) is 0 Å². The number of benzene rings is 1. The molecule has 3 heterocycles. The van der Waals surface area contributed by atoms with E-state index in [-0.39, 0.29) is 5.91 Å². The van der Waals surface area contributed by atoms with E-state index in [2.05, 4.69) is 20.3 Å². The second-order valence-electron chi connectivity index (χ2n) is 5.78. The molecule has 1 aromatic carbocycles. The van der Waals surface area contributed by atoms with Crippen molar-refractivity contribution in [1.29, 1.82) is 0 Å². The third kappa shape index (κ3) is 2.47. The van der Waals surface area contributed by atoms with Gasteiger partial charge in [-0.3, -0.25) is 4.79 Å². The Kier molecular flexibility index (Phi) is 3.58. The van der Waals surface area contributed by atoms with E-state index in [0.717, 1.165) is 34.6 Å². The number of carbonyl (C=O) groups excluding carboxylic acids is 1. The Morgan fingerprint density at radius 2 is 2.12 bits per heavy atom. The zero-order valence-electron chi connectivity index (χ0n) is 13.1. The maximum absolute atomic E-state index is 11.9. The molecule has 24 heavy (non-hydrogen) atoms. The summed E-state index contributed by atoms with van der Waals surface area (Å²) in [5, 5.41) is 3.47. The van der Waals surface area contributed by atoms with Gasteiger partial charge in [-0.05, 0) is 30.7 Å². The lowest BCUT2D eigenvalue weighted by atomic mass is 10.1. The Bertz CT molecular complexity index is 928. The number of rotatable bonds is 2. The highest BCUT2D eigenvalue weighted by molar-refractivity contribution is 6.33. The lowest BCUT2D eigenvalue weighted by Gasteiger charge is -2.11. The number of amides is 1. The average Bonchev–Trinajstić information content (AvgIpc) is 3.01. The summed E-state index contributed by atoms with van der Waals surface area (Å²) in [5.74, 6) is 0.530. The highest BCUT2D eigenvalue weighted by Gasteiger charge is 2.20. The van der Waals surface area contributed by atoms with Gasteiger partial charge in [0, 0.05) is 30.4 Å². The topological polar surface area (TPSA) is 70.7 Å². The van der Waals surface area contributed by atoms with Gasteiger partial charge in [0.25, 0.3) is 5.91 Å². The predicted molar refractivity (Wildman–Crippen MR) is 93.0 cm³/mol. The van der Waals surface area contributed by atoms with Crippen molar-refractivity contribution in [2.45, 2.75) is 13.3 Å². The fourth-order valence-electron chi connectivity index (χ4n) is 2.98. The van der Waals surface area contributed by atoms with Gasteiger partial charge in [0.1, 0.15) is 0 Å². The molecule has 1 aliphatic heterocycles. The van der Waals surface area contributed by atoms with Gasteiger partial charge in [0.2, 0.25) is 0 Å². The molecule has 0 spiro atoms. The van der Waals surface area contributed by atoms with Gasteiger partial charge < -0.3 is 10.3 Å². The Balaban J connectivity index is 1.80. The third-order valence-corrected chi connectivity index (χ3v) is 4.50. The summed E-state index contributed by atoms with van der Waals surface area (Å²) in [4.78, 5) is 24.2. The number of fused-ring (bicyclic) bond motifs is 1. The van der Waals surface area contributed by atoms with Crippen molar-refractivity contribution in [3.8, 4) is 22.8 Å². The summed E-state index contributed by atoms with van der Waals surface area (Å²) in [7, 11) is 0. The van der Waals surface area contributed by atoms with Crippen LogP contribution in [0.3, 0.4) is 0 Å². The minimum atomic E-state index is -0.0463. The zero-order valence-corrected chi connectivity index (χ0v) is 13.8. The Morgan fingerprint density at radius 3 is 2.92 bits per heavy atom. The van der Waals surface area contributed by atoms with Gasteiger partial charge >= 0.3 is 0 Å². The molecule has 4 rings (SSSR count). The SMILES string of the molecule is Cc1cccc(Cl)c1-c1nccc(-c2cc3c([nH]2)CCNC3=O)n1. The van der Waals surface area contributed by atoms with Crippen LogP contribution in [0.15, 0.2) is 36.5 Å². The van der Waals surface area contributed by atoms with Crippen molar-refractivity contribution >= 4 is 17.5 Å². The van der Waals surface area contributed by atoms with Crippen molar-refractivity contribution in [2.24, 2.45) is 0 Å². The number of nitrogens with zero attached hydrogens (tertiary/aromatic N) is 2. The van der Waals surface area contributed by atoms with Gasteiger partial charge in [-0.2, -0.15) is 0 Å². The van der Waals surface area contributed by atoms with Gasteiger partial charge in [0.05, 0.1) is 22.0 Å². The quantitative estimate of drug-likeness (QED) is 0.752. The van der Waals surface area contributed by atoms with E-state index in [4.69, 9.17) is 11.6 Å². The number of hydrogen-bond donors (Lipinski definition) is 2. The predicted octanol–water partition coefficient (Wildman–Crippen LogP) is 3.39. The summed E-state index contributed by atoms with van der Waals surface area (Å²) >= 11 is 6.32. The van der Waals surface area contributed by atoms with Crippen molar-refractivity contribution in [1.82, 2.24) is 20.3 Å². The molecule has 3 aromatic rings. The molecule has 0 bridgehead atoms. The molecule has 0 atom stereocenters. The molecule has 0 radical (unpaired) electrons. The van der Waals surface area contributed by atoms with E-state index in [9.17, 15) is 4.79 Å². The first-order chi connectivity index (χ1) is 11.6. The Labute approximate surface area is 144 Å².